The fourth-order valence-electron chi connectivity index (χ4n) is 3.56. The first-order valence-electron chi connectivity index (χ1n) is 9.82. The van der Waals surface area contributed by atoms with E-state index in [4.69, 9.17) is 0 Å². The van der Waals surface area contributed by atoms with E-state index in [1.165, 1.54) is 0 Å². The van der Waals surface area contributed by atoms with Crippen molar-refractivity contribution < 1.29 is 4.79 Å². The van der Waals surface area contributed by atoms with E-state index in [2.05, 4.69) is 36.1 Å². The Bertz CT molecular complexity index is 1060. The zero-order chi connectivity index (χ0) is 20.6. The molecule has 1 aliphatic heterocycles. The number of carbonyl (C=O) groups excluding carboxylic acids is 1. The van der Waals surface area contributed by atoms with Gasteiger partial charge >= 0.3 is 0 Å². The average molecular weight is 412 g/mol. The van der Waals surface area contributed by atoms with Gasteiger partial charge in [0.15, 0.2) is 0 Å². The predicted octanol–water partition coefficient (Wildman–Crippen LogP) is 3.47. The molecule has 152 valence electrons. The van der Waals surface area contributed by atoms with E-state index in [1.54, 1.807) is 33.1 Å². The Morgan fingerprint density at radius 3 is 2.79 bits per heavy atom. The highest BCUT2D eigenvalue weighted by Gasteiger charge is 2.29. The number of rotatable bonds is 3. The summed E-state index contributed by atoms with van der Waals surface area (Å²) in [6.07, 6.45) is 1.64. The molecule has 0 bridgehead atoms. The van der Waals surface area contributed by atoms with E-state index in [-0.39, 0.29) is 22.9 Å². The standard InChI is InChI=1S/C21H25N5O2S/c1-21(2,3)18-12-16(22-23-18)20(28)25-10-4-6-14(13-25)26-19(27)9-8-15(24-26)17-7-5-11-29-17/h5,7-9,11-12,14H,4,6,10,13H2,1-3H3,(H,22,23)/t14-/m1/s1. The Morgan fingerprint density at radius 1 is 1.28 bits per heavy atom. The highest BCUT2D eigenvalue weighted by atomic mass is 32.1. The van der Waals surface area contributed by atoms with Crippen molar-refractivity contribution in [1.82, 2.24) is 24.9 Å². The van der Waals surface area contributed by atoms with Crippen molar-refractivity contribution in [1.29, 1.82) is 0 Å². The normalized spacial score (nSPS) is 17.5. The number of carbonyl (C=O) groups is 1. The fourth-order valence-corrected chi connectivity index (χ4v) is 4.25. The predicted molar refractivity (Wildman–Crippen MR) is 113 cm³/mol. The lowest BCUT2D eigenvalue weighted by molar-refractivity contribution is 0.0664. The van der Waals surface area contributed by atoms with Crippen LogP contribution in [0.15, 0.2) is 40.5 Å². The minimum absolute atomic E-state index is 0.102. The first-order valence-corrected chi connectivity index (χ1v) is 10.7. The summed E-state index contributed by atoms with van der Waals surface area (Å²) < 4.78 is 1.54. The first kappa shape index (κ1) is 19.6. The van der Waals surface area contributed by atoms with Crippen LogP contribution in [0.4, 0.5) is 0 Å². The SMILES string of the molecule is CC(C)(C)c1cc(C(=O)N2CCC[C@@H](n3nc(-c4cccs4)ccc3=O)C2)n[nH]1. The number of nitrogens with zero attached hydrogens (tertiary/aromatic N) is 4. The van der Waals surface area contributed by atoms with E-state index >= 15 is 0 Å². The second-order valence-electron chi connectivity index (χ2n) is 8.44. The third-order valence-corrected chi connectivity index (χ3v) is 6.13. The van der Waals surface area contributed by atoms with Gasteiger partial charge in [-0.1, -0.05) is 26.8 Å². The van der Waals surface area contributed by atoms with Crippen LogP contribution in [0, 0.1) is 0 Å². The number of hydrogen-bond donors (Lipinski definition) is 1. The van der Waals surface area contributed by atoms with Crippen molar-refractivity contribution in [2.24, 2.45) is 0 Å². The van der Waals surface area contributed by atoms with Gasteiger partial charge in [-0.2, -0.15) is 10.2 Å². The van der Waals surface area contributed by atoms with Gasteiger partial charge in [0.2, 0.25) is 0 Å². The third kappa shape index (κ3) is 4.03. The van der Waals surface area contributed by atoms with Gasteiger partial charge in [-0.3, -0.25) is 14.7 Å². The Balaban J connectivity index is 1.56. The summed E-state index contributed by atoms with van der Waals surface area (Å²) in [5.41, 5.74) is 1.89. The maximum Gasteiger partial charge on any atom is 0.274 e. The molecule has 4 rings (SSSR count). The van der Waals surface area contributed by atoms with Crippen LogP contribution in [0.5, 0.6) is 0 Å². The number of piperidine rings is 1. The van der Waals surface area contributed by atoms with Crippen molar-refractivity contribution in [3.05, 3.63) is 57.5 Å². The highest BCUT2D eigenvalue weighted by Crippen LogP contribution is 2.25. The number of aromatic amines is 1. The van der Waals surface area contributed by atoms with Crippen LogP contribution in [0.25, 0.3) is 10.6 Å². The first-order chi connectivity index (χ1) is 13.8. The fraction of sp³-hybridized carbons (Fsp3) is 0.429. The van der Waals surface area contributed by atoms with E-state index in [0.717, 1.165) is 29.1 Å². The monoisotopic (exact) mass is 411 g/mol. The second kappa shape index (κ2) is 7.59. The van der Waals surface area contributed by atoms with Crippen LogP contribution in [0.2, 0.25) is 0 Å². The third-order valence-electron chi connectivity index (χ3n) is 5.23. The Hall–Kier alpha value is -2.74. The van der Waals surface area contributed by atoms with E-state index in [0.29, 0.717) is 18.8 Å². The molecular formula is C21H25N5O2S. The maximum atomic E-state index is 13.0. The molecule has 1 amide bonds. The average Bonchev–Trinajstić information content (AvgIpc) is 3.40. The molecule has 0 aliphatic carbocycles. The Morgan fingerprint density at radius 2 is 2.10 bits per heavy atom. The summed E-state index contributed by atoms with van der Waals surface area (Å²) in [5.74, 6) is -0.107. The summed E-state index contributed by atoms with van der Waals surface area (Å²) in [5, 5.41) is 13.8. The summed E-state index contributed by atoms with van der Waals surface area (Å²) in [4.78, 5) is 28.3. The molecule has 1 aliphatic rings. The lowest BCUT2D eigenvalue weighted by Crippen LogP contribution is -2.43. The smallest absolute Gasteiger partial charge is 0.274 e. The van der Waals surface area contributed by atoms with Crippen molar-refractivity contribution in [3.63, 3.8) is 0 Å². The lowest BCUT2D eigenvalue weighted by atomic mass is 9.92. The van der Waals surface area contributed by atoms with Crippen molar-refractivity contribution >= 4 is 17.2 Å². The molecule has 8 heteroatoms. The van der Waals surface area contributed by atoms with Crippen LogP contribution in [-0.2, 0) is 5.41 Å². The number of amides is 1. The van der Waals surface area contributed by atoms with E-state index in [9.17, 15) is 9.59 Å². The summed E-state index contributed by atoms with van der Waals surface area (Å²) in [7, 11) is 0. The molecule has 29 heavy (non-hydrogen) atoms. The lowest BCUT2D eigenvalue weighted by Gasteiger charge is -2.32. The largest absolute Gasteiger partial charge is 0.335 e. The minimum atomic E-state index is -0.139. The van der Waals surface area contributed by atoms with Crippen molar-refractivity contribution in [2.75, 3.05) is 13.1 Å². The number of H-pyrrole nitrogens is 1. The van der Waals surface area contributed by atoms with Gasteiger partial charge < -0.3 is 4.90 Å². The number of aromatic nitrogens is 4. The van der Waals surface area contributed by atoms with Gasteiger partial charge in [-0.15, -0.1) is 11.3 Å². The topological polar surface area (TPSA) is 83.9 Å². The van der Waals surface area contributed by atoms with Gasteiger partial charge in [0.05, 0.1) is 10.9 Å². The molecule has 1 atom stereocenters. The molecule has 0 spiro atoms. The molecule has 3 aromatic heterocycles. The molecule has 0 unspecified atom stereocenters. The zero-order valence-corrected chi connectivity index (χ0v) is 17.7. The zero-order valence-electron chi connectivity index (χ0n) is 16.9. The Labute approximate surface area is 173 Å². The number of likely N-dealkylation sites (tertiary alicyclic amines) is 1. The van der Waals surface area contributed by atoms with E-state index in [1.807, 2.05) is 23.6 Å². The number of hydrogen-bond acceptors (Lipinski definition) is 5. The molecule has 3 aromatic rings. The molecule has 1 saturated heterocycles. The molecule has 0 saturated carbocycles. The van der Waals surface area contributed by atoms with Crippen LogP contribution in [0.1, 0.15) is 55.8 Å². The van der Waals surface area contributed by atoms with E-state index < -0.39 is 0 Å². The van der Waals surface area contributed by atoms with Gasteiger partial charge in [-0.25, -0.2) is 4.68 Å². The van der Waals surface area contributed by atoms with Crippen LogP contribution >= 0.6 is 11.3 Å². The van der Waals surface area contributed by atoms with Gasteiger partial charge in [0.1, 0.15) is 11.4 Å². The maximum absolute atomic E-state index is 13.0. The molecule has 0 radical (unpaired) electrons. The molecule has 1 N–H and O–H groups in total. The molecule has 7 nitrogen and oxygen atoms in total. The summed E-state index contributed by atoms with van der Waals surface area (Å²) in [6.45, 7) is 7.34. The number of thiophene rings is 1. The van der Waals surface area contributed by atoms with Gasteiger partial charge in [-0.05, 0) is 36.4 Å². The van der Waals surface area contributed by atoms with Crippen LogP contribution < -0.4 is 5.56 Å². The van der Waals surface area contributed by atoms with Crippen LogP contribution in [-0.4, -0.2) is 43.9 Å². The number of nitrogens with one attached hydrogen (secondary N) is 1. The molecule has 1 fully saturated rings. The van der Waals surface area contributed by atoms with Crippen molar-refractivity contribution in [3.8, 4) is 10.6 Å². The second-order valence-corrected chi connectivity index (χ2v) is 9.39. The quantitative estimate of drug-likeness (QED) is 0.715. The van der Waals surface area contributed by atoms with Crippen LogP contribution in [0.3, 0.4) is 0 Å². The molecular weight excluding hydrogens is 386 g/mol. The highest BCUT2D eigenvalue weighted by molar-refractivity contribution is 7.13. The summed E-state index contributed by atoms with van der Waals surface area (Å²) >= 11 is 1.59. The van der Waals surface area contributed by atoms with Gasteiger partial charge in [0, 0.05) is 30.3 Å². The molecule has 0 aromatic carbocycles. The summed E-state index contributed by atoms with van der Waals surface area (Å²) in [6, 6.07) is 8.96. The molecule has 4 heterocycles. The minimum Gasteiger partial charge on any atom is -0.335 e. The van der Waals surface area contributed by atoms with Crippen molar-refractivity contribution in [2.45, 2.75) is 45.1 Å². The Kier molecular flexibility index (Phi) is 5.12. The van der Waals surface area contributed by atoms with Gasteiger partial charge in [0.25, 0.3) is 11.5 Å².